The van der Waals surface area contributed by atoms with Crippen molar-refractivity contribution < 1.29 is 9.90 Å². The largest absolute Gasteiger partial charge is 0.478 e. The molecule has 1 N–H and O–H groups in total. The smallest absolute Gasteiger partial charge is 0.335 e. The van der Waals surface area contributed by atoms with Gasteiger partial charge in [-0.1, -0.05) is 35.3 Å². The van der Waals surface area contributed by atoms with E-state index in [9.17, 15) is 4.79 Å². The number of aromatic carboxylic acids is 1. The third-order valence-corrected chi connectivity index (χ3v) is 3.01. The van der Waals surface area contributed by atoms with Crippen LogP contribution < -0.4 is 0 Å². The van der Waals surface area contributed by atoms with Crippen LogP contribution in [-0.4, -0.2) is 17.3 Å². The summed E-state index contributed by atoms with van der Waals surface area (Å²) >= 11 is 11.8. The lowest BCUT2D eigenvalue weighted by Crippen LogP contribution is -1.96. The van der Waals surface area contributed by atoms with Crippen LogP contribution in [0, 0.1) is 0 Å². The molecule has 3 nitrogen and oxygen atoms in total. The van der Waals surface area contributed by atoms with Crippen LogP contribution in [0.1, 0.15) is 21.5 Å². The first-order valence-electron chi connectivity index (χ1n) is 5.83. The maximum absolute atomic E-state index is 10.8. The standard InChI is InChI=1S/C15H11Cl2NO2/c16-13-5-11(6-14(17)7-13)9-18-8-10-2-1-3-12(4-10)15(19)20/h1-8H,9H2,(H,19,20). The van der Waals surface area contributed by atoms with Crippen LogP contribution in [0.5, 0.6) is 0 Å². The van der Waals surface area contributed by atoms with Crippen LogP contribution in [0.2, 0.25) is 10.0 Å². The number of hydrogen-bond donors (Lipinski definition) is 1. The Hall–Kier alpha value is -1.84. The lowest BCUT2D eigenvalue weighted by molar-refractivity contribution is 0.0697. The van der Waals surface area contributed by atoms with Gasteiger partial charge in [0.05, 0.1) is 12.1 Å². The number of hydrogen-bond acceptors (Lipinski definition) is 2. The van der Waals surface area contributed by atoms with E-state index in [-0.39, 0.29) is 5.56 Å². The van der Waals surface area contributed by atoms with E-state index in [0.717, 1.165) is 11.1 Å². The summed E-state index contributed by atoms with van der Waals surface area (Å²) in [6.45, 7) is 0.428. The van der Waals surface area contributed by atoms with Gasteiger partial charge < -0.3 is 5.11 Å². The first kappa shape index (κ1) is 14.6. The molecule has 0 aliphatic carbocycles. The highest BCUT2D eigenvalue weighted by Gasteiger charge is 2.01. The van der Waals surface area contributed by atoms with Crippen LogP contribution in [0.3, 0.4) is 0 Å². The Labute approximate surface area is 126 Å². The summed E-state index contributed by atoms with van der Waals surface area (Å²) in [5.41, 5.74) is 1.87. The van der Waals surface area contributed by atoms with Crippen molar-refractivity contribution in [1.82, 2.24) is 0 Å². The first-order chi connectivity index (χ1) is 9.54. The van der Waals surface area contributed by atoms with E-state index in [2.05, 4.69) is 4.99 Å². The lowest BCUT2D eigenvalue weighted by Gasteiger charge is -2.00. The van der Waals surface area contributed by atoms with Gasteiger partial charge in [-0.2, -0.15) is 0 Å². The van der Waals surface area contributed by atoms with Gasteiger partial charge in [-0.15, -0.1) is 0 Å². The molecule has 0 spiro atoms. The Morgan fingerprint density at radius 1 is 1.15 bits per heavy atom. The van der Waals surface area contributed by atoms with E-state index >= 15 is 0 Å². The van der Waals surface area contributed by atoms with Crippen LogP contribution >= 0.6 is 23.2 Å². The van der Waals surface area contributed by atoms with Crippen molar-refractivity contribution >= 4 is 35.4 Å². The van der Waals surface area contributed by atoms with Crippen LogP contribution in [0.4, 0.5) is 0 Å². The summed E-state index contributed by atoms with van der Waals surface area (Å²) in [6, 6.07) is 11.8. The van der Waals surface area contributed by atoms with Gasteiger partial charge in [0.25, 0.3) is 0 Å². The number of aliphatic imine (C=N–C) groups is 1. The van der Waals surface area contributed by atoms with E-state index in [4.69, 9.17) is 28.3 Å². The molecular weight excluding hydrogens is 297 g/mol. The Bertz CT molecular complexity index is 648. The fraction of sp³-hybridized carbons (Fsp3) is 0.0667. The molecule has 2 rings (SSSR count). The molecule has 20 heavy (non-hydrogen) atoms. The van der Waals surface area contributed by atoms with Gasteiger partial charge in [-0.3, -0.25) is 4.99 Å². The van der Waals surface area contributed by atoms with Gasteiger partial charge >= 0.3 is 5.97 Å². The molecular formula is C15H11Cl2NO2. The molecule has 0 unspecified atom stereocenters. The number of carboxylic acids is 1. The van der Waals surface area contributed by atoms with E-state index in [1.54, 1.807) is 42.6 Å². The average molecular weight is 308 g/mol. The minimum absolute atomic E-state index is 0.236. The van der Waals surface area contributed by atoms with Crippen molar-refractivity contribution in [3.63, 3.8) is 0 Å². The summed E-state index contributed by atoms with van der Waals surface area (Å²) in [7, 11) is 0. The SMILES string of the molecule is O=C(O)c1cccc(C=NCc2cc(Cl)cc(Cl)c2)c1. The molecule has 0 saturated carbocycles. The molecule has 2 aromatic carbocycles. The Kier molecular flexibility index (Phi) is 4.77. The minimum atomic E-state index is -0.957. The molecule has 0 heterocycles. The fourth-order valence-corrected chi connectivity index (χ4v) is 2.28. The molecule has 0 atom stereocenters. The zero-order valence-electron chi connectivity index (χ0n) is 10.4. The van der Waals surface area contributed by atoms with Crippen molar-refractivity contribution in [2.75, 3.05) is 0 Å². The monoisotopic (exact) mass is 307 g/mol. The predicted octanol–water partition coefficient (Wildman–Crippen LogP) is 4.31. The second-order valence-electron chi connectivity index (χ2n) is 4.18. The molecule has 0 aliphatic rings. The lowest BCUT2D eigenvalue weighted by atomic mass is 10.1. The van der Waals surface area contributed by atoms with Gasteiger partial charge in [0.15, 0.2) is 0 Å². The number of benzene rings is 2. The van der Waals surface area contributed by atoms with E-state index < -0.39 is 5.97 Å². The topological polar surface area (TPSA) is 49.7 Å². The van der Waals surface area contributed by atoms with Gasteiger partial charge in [0, 0.05) is 16.3 Å². The number of nitrogens with zero attached hydrogens (tertiary/aromatic N) is 1. The highest BCUT2D eigenvalue weighted by molar-refractivity contribution is 6.34. The Balaban J connectivity index is 2.10. The van der Waals surface area contributed by atoms with Crippen molar-refractivity contribution in [2.24, 2.45) is 4.99 Å². The molecule has 5 heteroatoms. The highest BCUT2D eigenvalue weighted by atomic mass is 35.5. The fourth-order valence-electron chi connectivity index (χ4n) is 1.71. The van der Waals surface area contributed by atoms with Crippen molar-refractivity contribution in [3.05, 3.63) is 69.2 Å². The molecule has 0 aliphatic heterocycles. The molecule has 0 amide bonds. The zero-order valence-corrected chi connectivity index (χ0v) is 11.9. The molecule has 0 saturated heterocycles. The molecule has 102 valence electrons. The van der Waals surface area contributed by atoms with Gasteiger partial charge in [0.1, 0.15) is 0 Å². The summed E-state index contributed by atoms with van der Waals surface area (Å²) in [5.74, 6) is -0.957. The summed E-state index contributed by atoms with van der Waals surface area (Å²) < 4.78 is 0. The summed E-state index contributed by atoms with van der Waals surface area (Å²) in [4.78, 5) is 15.1. The maximum Gasteiger partial charge on any atom is 0.335 e. The van der Waals surface area contributed by atoms with Crippen molar-refractivity contribution in [1.29, 1.82) is 0 Å². The second-order valence-corrected chi connectivity index (χ2v) is 5.05. The van der Waals surface area contributed by atoms with Crippen LogP contribution in [-0.2, 0) is 6.54 Å². The van der Waals surface area contributed by atoms with Crippen molar-refractivity contribution in [2.45, 2.75) is 6.54 Å². The van der Waals surface area contributed by atoms with Crippen LogP contribution in [0.25, 0.3) is 0 Å². The number of carboxylic acid groups (broad SMARTS) is 1. The third kappa shape index (κ3) is 4.08. The van der Waals surface area contributed by atoms with Gasteiger partial charge in [-0.25, -0.2) is 4.79 Å². The minimum Gasteiger partial charge on any atom is -0.478 e. The van der Waals surface area contributed by atoms with Gasteiger partial charge in [-0.05, 0) is 41.5 Å². The zero-order chi connectivity index (χ0) is 14.5. The number of halogens is 2. The quantitative estimate of drug-likeness (QED) is 0.856. The summed E-state index contributed by atoms with van der Waals surface area (Å²) in [5, 5.41) is 10.0. The Morgan fingerprint density at radius 3 is 2.50 bits per heavy atom. The third-order valence-electron chi connectivity index (χ3n) is 2.57. The molecule has 0 fully saturated rings. The average Bonchev–Trinajstić information content (AvgIpc) is 2.38. The molecule has 0 radical (unpaired) electrons. The van der Waals surface area contributed by atoms with E-state index in [1.165, 1.54) is 6.07 Å². The van der Waals surface area contributed by atoms with E-state index in [0.29, 0.717) is 16.6 Å². The highest BCUT2D eigenvalue weighted by Crippen LogP contribution is 2.19. The molecule has 0 aromatic heterocycles. The predicted molar refractivity (Wildman–Crippen MR) is 81.2 cm³/mol. The van der Waals surface area contributed by atoms with E-state index in [1.807, 2.05) is 0 Å². The molecule has 0 bridgehead atoms. The number of carbonyl (C=O) groups is 1. The van der Waals surface area contributed by atoms with Crippen LogP contribution in [0.15, 0.2) is 47.5 Å². The van der Waals surface area contributed by atoms with Gasteiger partial charge in [0.2, 0.25) is 0 Å². The molecule has 2 aromatic rings. The maximum atomic E-state index is 10.8. The Morgan fingerprint density at radius 2 is 1.85 bits per heavy atom. The number of rotatable bonds is 4. The second kappa shape index (κ2) is 6.55. The normalized spacial score (nSPS) is 10.9. The summed E-state index contributed by atoms with van der Waals surface area (Å²) in [6.07, 6.45) is 1.63. The van der Waals surface area contributed by atoms with Crippen molar-refractivity contribution in [3.8, 4) is 0 Å². The first-order valence-corrected chi connectivity index (χ1v) is 6.58.